The Morgan fingerprint density at radius 2 is 1.06 bits per heavy atom. The molecule has 1 atom stereocenters. The fourth-order valence-electron chi connectivity index (χ4n) is 8.90. The summed E-state index contributed by atoms with van der Waals surface area (Å²) in [5.41, 5.74) is 0.656. The molecule has 1 rings (SSSR count). The van der Waals surface area contributed by atoms with E-state index in [9.17, 15) is 19.5 Å². The molecule has 0 saturated carbocycles. The number of aliphatic hydroxyl groups is 1. The third-order valence-electron chi connectivity index (χ3n) is 13.0. The zero-order valence-corrected chi connectivity index (χ0v) is 42.2. The SMILES string of the molecule is CCCCCCCCCCCOC(=O)CCCCCN(CCCCCCCC(=O)OC(CCCCCCCC)CCCCCCCC)CC(CCO)CCCCNC(=O)c1cc[nH]c1. The van der Waals surface area contributed by atoms with Gasteiger partial charge in [-0.05, 0) is 102 Å². The van der Waals surface area contributed by atoms with Gasteiger partial charge in [-0.25, -0.2) is 0 Å². The molecule has 0 aromatic carbocycles. The van der Waals surface area contributed by atoms with Gasteiger partial charge in [0.15, 0.2) is 0 Å². The third-order valence-corrected chi connectivity index (χ3v) is 13.0. The van der Waals surface area contributed by atoms with E-state index in [2.05, 4.69) is 36.0 Å². The van der Waals surface area contributed by atoms with Gasteiger partial charge in [0.25, 0.3) is 5.91 Å². The molecule has 9 nitrogen and oxygen atoms in total. The molecule has 0 aliphatic heterocycles. The number of carbonyl (C=O) groups is 3. The van der Waals surface area contributed by atoms with Crippen LogP contribution < -0.4 is 5.32 Å². The molecule has 3 N–H and O–H groups in total. The average Bonchev–Trinajstić information content (AvgIpc) is 3.84. The molecule has 9 heteroatoms. The maximum absolute atomic E-state index is 12.9. The van der Waals surface area contributed by atoms with Crippen molar-refractivity contribution in [3.8, 4) is 0 Å². The molecular weight excluding hydrogens is 799 g/mol. The number of hydrogen-bond acceptors (Lipinski definition) is 7. The first-order valence-corrected chi connectivity index (χ1v) is 27.5. The normalized spacial score (nSPS) is 12.0. The number of aromatic nitrogens is 1. The molecule has 0 spiro atoms. The van der Waals surface area contributed by atoms with Crippen LogP contribution in [0, 0.1) is 5.92 Å². The van der Waals surface area contributed by atoms with Gasteiger partial charge in [-0.2, -0.15) is 0 Å². The van der Waals surface area contributed by atoms with E-state index >= 15 is 0 Å². The van der Waals surface area contributed by atoms with E-state index in [4.69, 9.17) is 9.47 Å². The van der Waals surface area contributed by atoms with Crippen LogP contribution in [-0.2, 0) is 19.1 Å². The first-order chi connectivity index (χ1) is 31.4. The molecule has 0 aliphatic carbocycles. The molecule has 1 aromatic heterocycles. The summed E-state index contributed by atoms with van der Waals surface area (Å²) in [4.78, 5) is 43.2. The minimum Gasteiger partial charge on any atom is -0.466 e. The number of hydrogen-bond donors (Lipinski definition) is 3. The molecule has 64 heavy (non-hydrogen) atoms. The number of aromatic amines is 1. The summed E-state index contributed by atoms with van der Waals surface area (Å²) < 4.78 is 11.6. The number of carbonyl (C=O) groups excluding carboxylic acids is 3. The highest BCUT2D eigenvalue weighted by molar-refractivity contribution is 5.93. The predicted molar refractivity (Wildman–Crippen MR) is 269 cm³/mol. The second-order valence-corrected chi connectivity index (χ2v) is 19.1. The monoisotopic (exact) mass is 902 g/mol. The first-order valence-electron chi connectivity index (χ1n) is 27.5. The van der Waals surface area contributed by atoms with Crippen LogP contribution in [0.25, 0.3) is 0 Å². The average molecular weight is 902 g/mol. The molecule has 0 radical (unpaired) electrons. The molecule has 1 unspecified atom stereocenters. The van der Waals surface area contributed by atoms with Gasteiger partial charge in [-0.1, -0.05) is 168 Å². The predicted octanol–water partition coefficient (Wildman–Crippen LogP) is 14.6. The van der Waals surface area contributed by atoms with E-state index in [1.54, 1.807) is 18.5 Å². The fourth-order valence-corrected chi connectivity index (χ4v) is 8.90. The summed E-state index contributed by atoms with van der Waals surface area (Å²) in [6, 6.07) is 1.79. The Morgan fingerprint density at radius 1 is 0.578 bits per heavy atom. The molecule has 1 amide bonds. The zero-order valence-electron chi connectivity index (χ0n) is 42.2. The number of nitrogens with one attached hydrogen (secondary N) is 2. The lowest BCUT2D eigenvalue weighted by Gasteiger charge is -2.27. The van der Waals surface area contributed by atoms with Crippen molar-refractivity contribution in [2.75, 3.05) is 39.4 Å². The fraction of sp³-hybridized carbons (Fsp3) is 0.873. The Balaban J connectivity index is 2.49. The highest BCUT2D eigenvalue weighted by Crippen LogP contribution is 2.20. The molecule has 0 aliphatic rings. The van der Waals surface area contributed by atoms with Gasteiger partial charge in [0.1, 0.15) is 6.10 Å². The van der Waals surface area contributed by atoms with E-state index in [-0.39, 0.29) is 30.6 Å². The van der Waals surface area contributed by atoms with Crippen molar-refractivity contribution in [2.24, 2.45) is 5.92 Å². The van der Waals surface area contributed by atoms with Crippen LogP contribution in [0.2, 0.25) is 0 Å². The van der Waals surface area contributed by atoms with Crippen molar-refractivity contribution < 1.29 is 29.0 Å². The number of H-pyrrole nitrogens is 1. The zero-order chi connectivity index (χ0) is 46.4. The van der Waals surface area contributed by atoms with Crippen molar-refractivity contribution in [2.45, 2.75) is 264 Å². The van der Waals surface area contributed by atoms with Crippen LogP contribution >= 0.6 is 0 Å². The van der Waals surface area contributed by atoms with E-state index in [1.807, 2.05) is 0 Å². The number of ether oxygens (including phenoxy) is 2. The summed E-state index contributed by atoms with van der Waals surface area (Å²) in [7, 11) is 0. The minimum atomic E-state index is -0.0573. The molecular formula is C55H103N3O6. The molecule has 0 fully saturated rings. The van der Waals surface area contributed by atoms with Crippen LogP contribution in [-0.4, -0.2) is 78.3 Å². The largest absolute Gasteiger partial charge is 0.466 e. The Hall–Kier alpha value is -2.39. The van der Waals surface area contributed by atoms with Gasteiger partial charge >= 0.3 is 11.9 Å². The van der Waals surface area contributed by atoms with Gasteiger partial charge in [0, 0.05) is 44.9 Å². The summed E-state index contributed by atoms with van der Waals surface area (Å²) >= 11 is 0. The van der Waals surface area contributed by atoms with Crippen molar-refractivity contribution >= 4 is 17.8 Å². The number of aliphatic hydroxyl groups excluding tert-OH is 1. The summed E-state index contributed by atoms with van der Waals surface area (Å²) in [5.74, 6) is 0.298. The summed E-state index contributed by atoms with van der Waals surface area (Å²) in [6.45, 7) is 11.1. The quantitative estimate of drug-likeness (QED) is 0.0440. The van der Waals surface area contributed by atoms with E-state index in [0.29, 0.717) is 37.5 Å². The Labute approximate surface area is 394 Å². The van der Waals surface area contributed by atoms with Gasteiger partial charge < -0.3 is 29.8 Å². The Morgan fingerprint density at radius 3 is 1.61 bits per heavy atom. The van der Waals surface area contributed by atoms with Crippen LogP contribution in [0.3, 0.4) is 0 Å². The standard InChI is InChI=1S/C55H103N3O6/c1-4-7-10-13-16-17-18-24-34-47-63-53(60)38-29-25-33-45-58(49-50(41-46-59)35-30-31-42-57-55(62)51-40-43-56-48-51)44-32-23-19-22-28-39-54(61)64-52(36-26-20-14-11-8-5-2)37-27-21-15-12-9-6-3/h40,43,48,50,52,56,59H,4-39,41-42,44-47,49H2,1-3H3,(H,57,62). The van der Waals surface area contributed by atoms with Crippen LogP contribution in [0.15, 0.2) is 18.5 Å². The molecule has 1 heterocycles. The molecule has 1 aromatic rings. The lowest BCUT2D eigenvalue weighted by molar-refractivity contribution is -0.150. The highest BCUT2D eigenvalue weighted by atomic mass is 16.5. The topological polar surface area (TPSA) is 121 Å². The van der Waals surface area contributed by atoms with E-state index in [1.165, 1.54) is 109 Å². The van der Waals surface area contributed by atoms with Crippen LogP contribution in [0.4, 0.5) is 0 Å². The number of rotatable bonds is 49. The van der Waals surface area contributed by atoms with Gasteiger partial charge in [-0.3, -0.25) is 14.4 Å². The van der Waals surface area contributed by atoms with Crippen molar-refractivity contribution in [3.63, 3.8) is 0 Å². The smallest absolute Gasteiger partial charge is 0.306 e. The number of amides is 1. The Bertz CT molecular complexity index is 1150. The maximum Gasteiger partial charge on any atom is 0.306 e. The van der Waals surface area contributed by atoms with E-state index in [0.717, 1.165) is 135 Å². The molecule has 0 saturated heterocycles. The summed E-state index contributed by atoms with van der Waals surface area (Å²) in [5, 5.41) is 13.0. The van der Waals surface area contributed by atoms with Gasteiger partial charge in [0.05, 0.1) is 12.2 Å². The van der Waals surface area contributed by atoms with Crippen molar-refractivity contribution in [3.05, 3.63) is 24.0 Å². The van der Waals surface area contributed by atoms with Crippen molar-refractivity contribution in [1.82, 2.24) is 15.2 Å². The van der Waals surface area contributed by atoms with E-state index < -0.39 is 0 Å². The molecule has 0 bridgehead atoms. The Kier molecular flexibility index (Phi) is 42.6. The van der Waals surface area contributed by atoms with Crippen molar-refractivity contribution in [1.29, 1.82) is 0 Å². The lowest BCUT2D eigenvalue weighted by Crippen LogP contribution is -2.32. The first kappa shape index (κ1) is 59.6. The third kappa shape index (κ3) is 37.8. The second-order valence-electron chi connectivity index (χ2n) is 19.1. The van der Waals surface area contributed by atoms with Crippen LogP contribution in [0.5, 0.6) is 0 Å². The van der Waals surface area contributed by atoms with Gasteiger partial charge in [-0.15, -0.1) is 0 Å². The summed E-state index contributed by atoms with van der Waals surface area (Å²) in [6.07, 6.45) is 45.1. The minimum absolute atomic E-state index is 0.00169. The van der Waals surface area contributed by atoms with Gasteiger partial charge in [0.2, 0.25) is 0 Å². The lowest BCUT2D eigenvalue weighted by atomic mass is 9.97. The number of unbranched alkanes of at least 4 members (excludes halogenated alkanes) is 25. The van der Waals surface area contributed by atoms with Crippen LogP contribution in [0.1, 0.15) is 269 Å². The second kappa shape index (κ2) is 45.8. The number of esters is 2. The highest BCUT2D eigenvalue weighted by Gasteiger charge is 2.16. The number of nitrogens with zero attached hydrogens (tertiary/aromatic N) is 1. The maximum atomic E-state index is 12.9. The molecule has 374 valence electrons.